The lowest BCUT2D eigenvalue weighted by Crippen LogP contribution is -2.77. The number of aliphatic hydroxyl groups excluding tert-OH is 1. The quantitative estimate of drug-likeness (QED) is 0.129. The largest absolute Gasteiger partial charge is 0.460 e. The Morgan fingerprint density at radius 1 is 0.634 bits per heavy atom. The van der Waals surface area contributed by atoms with Crippen molar-refractivity contribution in [2.24, 2.45) is 0 Å². The number of halogens is 20. The van der Waals surface area contributed by atoms with Crippen LogP contribution in [0.15, 0.2) is 12.2 Å². The summed E-state index contributed by atoms with van der Waals surface area (Å²) in [6.45, 7) is 0.222. The van der Waals surface area contributed by atoms with E-state index >= 15 is 0 Å². The molecule has 41 heavy (non-hydrogen) atoms. The molecule has 0 amide bonds. The van der Waals surface area contributed by atoms with Gasteiger partial charge in [0.15, 0.2) is 0 Å². The van der Waals surface area contributed by atoms with Gasteiger partial charge in [0.1, 0.15) is 6.61 Å². The number of hydrogen-bond donors (Lipinski definition) is 1. The van der Waals surface area contributed by atoms with E-state index in [1.54, 1.807) is 0 Å². The minimum Gasteiger partial charge on any atom is -0.460 e. The molecule has 0 heterocycles. The molecule has 0 aromatic rings. The fourth-order valence-electron chi connectivity index (χ4n) is 2.47. The Bertz CT molecular complexity index is 980. The standard InChI is InChI=1S/C18H14F20O3/c1-6(2)8(40)41-5-7(39)4-10(20,21)12(24,25)14(28,29)16(32,33)17(34,35)15(30,31)13(26,27)11(22,23)9(3,19)18(36,37)38/h7,39H,1,4-5H2,2-3H3. The van der Waals surface area contributed by atoms with Gasteiger partial charge >= 0.3 is 59.5 Å². The zero-order valence-corrected chi connectivity index (χ0v) is 19.5. The van der Waals surface area contributed by atoms with Crippen LogP contribution in [0.5, 0.6) is 0 Å². The van der Waals surface area contributed by atoms with Crippen molar-refractivity contribution in [2.45, 2.75) is 85.6 Å². The summed E-state index contributed by atoms with van der Waals surface area (Å²) in [5, 5.41) is 9.14. The van der Waals surface area contributed by atoms with Gasteiger partial charge in [-0.15, -0.1) is 0 Å². The Morgan fingerprint density at radius 3 is 1.22 bits per heavy atom. The first-order valence-electron chi connectivity index (χ1n) is 9.76. The van der Waals surface area contributed by atoms with Crippen molar-refractivity contribution in [3.63, 3.8) is 0 Å². The Hall–Kier alpha value is -2.23. The van der Waals surface area contributed by atoms with Gasteiger partial charge in [0.25, 0.3) is 5.67 Å². The summed E-state index contributed by atoms with van der Waals surface area (Å²) in [6.07, 6.45) is -13.9. The molecule has 0 saturated heterocycles. The van der Waals surface area contributed by atoms with Gasteiger partial charge in [-0.2, -0.15) is 83.4 Å². The van der Waals surface area contributed by atoms with Crippen molar-refractivity contribution in [2.75, 3.05) is 6.61 Å². The molecule has 0 aromatic heterocycles. The highest BCUT2D eigenvalue weighted by atomic mass is 19.4. The van der Waals surface area contributed by atoms with E-state index in [9.17, 15) is 92.6 Å². The summed E-state index contributed by atoms with van der Waals surface area (Å²) in [5.41, 5.74) is -7.57. The monoisotopic (exact) mass is 658 g/mol. The highest BCUT2D eigenvalue weighted by Crippen LogP contribution is 2.66. The van der Waals surface area contributed by atoms with Crippen molar-refractivity contribution in [1.29, 1.82) is 0 Å². The van der Waals surface area contributed by atoms with Crippen molar-refractivity contribution in [1.82, 2.24) is 0 Å². The number of ether oxygens (including phenoxy) is 1. The summed E-state index contributed by atoms with van der Waals surface area (Å²) in [7, 11) is 0. The molecule has 0 rings (SSSR count). The Morgan fingerprint density at radius 2 is 0.927 bits per heavy atom. The molecule has 0 spiro atoms. The van der Waals surface area contributed by atoms with E-state index in [0.29, 0.717) is 0 Å². The zero-order chi connectivity index (χ0) is 33.9. The molecule has 2 unspecified atom stereocenters. The molecule has 0 bridgehead atoms. The molecule has 0 aliphatic heterocycles. The third-order valence-electron chi connectivity index (χ3n) is 5.19. The molecule has 244 valence electrons. The first-order chi connectivity index (χ1) is 17.5. The van der Waals surface area contributed by atoms with E-state index in [2.05, 4.69) is 11.3 Å². The van der Waals surface area contributed by atoms with E-state index in [0.717, 1.165) is 6.92 Å². The van der Waals surface area contributed by atoms with Crippen LogP contribution in [0, 0.1) is 0 Å². The van der Waals surface area contributed by atoms with E-state index < -0.39 is 96.8 Å². The van der Waals surface area contributed by atoms with E-state index in [1.165, 1.54) is 0 Å². The first-order valence-corrected chi connectivity index (χ1v) is 9.76. The van der Waals surface area contributed by atoms with Crippen molar-refractivity contribution in [3.8, 4) is 0 Å². The molecular formula is C18H14F20O3. The van der Waals surface area contributed by atoms with Gasteiger partial charge in [0.05, 0.1) is 6.10 Å². The van der Waals surface area contributed by atoms with E-state index in [4.69, 9.17) is 5.11 Å². The van der Waals surface area contributed by atoms with Crippen molar-refractivity contribution in [3.05, 3.63) is 12.2 Å². The number of esters is 1. The van der Waals surface area contributed by atoms with Crippen LogP contribution in [0.1, 0.15) is 20.3 Å². The maximum absolute atomic E-state index is 13.8. The third kappa shape index (κ3) is 5.62. The molecule has 0 aliphatic carbocycles. The maximum Gasteiger partial charge on any atom is 0.428 e. The molecule has 0 aromatic carbocycles. The van der Waals surface area contributed by atoms with Crippen LogP contribution in [0.3, 0.4) is 0 Å². The maximum atomic E-state index is 13.8. The predicted molar refractivity (Wildman–Crippen MR) is 91.5 cm³/mol. The van der Waals surface area contributed by atoms with Crippen molar-refractivity contribution < 1.29 is 102 Å². The molecule has 0 saturated carbocycles. The van der Waals surface area contributed by atoms with Gasteiger partial charge in [0, 0.05) is 12.0 Å². The number of hydrogen-bond acceptors (Lipinski definition) is 3. The predicted octanol–water partition coefficient (Wildman–Crippen LogP) is 7.23. The lowest BCUT2D eigenvalue weighted by atomic mass is 9.83. The van der Waals surface area contributed by atoms with Crippen LogP contribution in [-0.2, 0) is 9.53 Å². The number of carbonyl (C=O) groups is 1. The van der Waals surface area contributed by atoms with E-state index in [-0.39, 0.29) is 0 Å². The van der Waals surface area contributed by atoms with Gasteiger partial charge in [0.2, 0.25) is 0 Å². The summed E-state index contributed by atoms with van der Waals surface area (Å²) in [6, 6.07) is 0. The van der Waals surface area contributed by atoms with Crippen LogP contribution in [0.25, 0.3) is 0 Å². The number of alkyl halides is 20. The van der Waals surface area contributed by atoms with Crippen LogP contribution in [-0.4, -0.2) is 83.0 Å². The van der Waals surface area contributed by atoms with Crippen LogP contribution in [0.4, 0.5) is 87.8 Å². The number of rotatable bonds is 13. The normalized spacial score (nSPS) is 17.6. The summed E-state index contributed by atoms with van der Waals surface area (Å²) < 4.78 is 274. The van der Waals surface area contributed by atoms with E-state index in [1.807, 2.05) is 0 Å². The molecule has 0 fully saturated rings. The molecular weight excluding hydrogens is 644 g/mol. The lowest BCUT2D eigenvalue weighted by Gasteiger charge is -2.45. The van der Waals surface area contributed by atoms with Gasteiger partial charge in [-0.3, -0.25) is 0 Å². The highest BCUT2D eigenvalue weighted by molar-refractivity contribution is 5.86. The fraction of sp³-hybridized carbons (Fsp3) is 0.833. The summed E-state index contributed by atoms with van der Waals surface area (Å²) in [5.74, 6) is -69.4. The SMILES string of the molecule is C=C(C)C(=O)OCC(O)CC(F)(F)C(F)(F)C(F)(F)C(F)(F)C(F)(F)C(F)(F)C(F)(F)C(F)(F)C(C)(F)C(F)(F)F. The third-order valence-corrected chi connectivity index (χ3v) is 5.19. The second-order valence-corrected chi connectivity index (χ2v) is 8.46. The lowest BCUT2D eigenvalue weighted by molar-refractivity contribution is -0.464. The fourth-order valence-corrected chi connectivity index (χ4v) is 2.47. The van der Waals surface area contributed by atoms with Gasteiger partial charge in [-0.05, 0) is 13.8 Å². The van der Waals surface area contributed by atoms with Gasteiger partial charge in [-0.1, -0.05) is 6.58 Å². The highest BCUT2D eigenvalue weighted by Gasteiger charge is 2.96. The summed E-state index contributed by atoms with van der Waals surface area (Å²) in [4.78, 5) is 11.0. The minimum absolute atomic E-state index is 0.561. The van der Waals surface area contributed by atoms with Gasteiger partial charge in [-0.25, -0.2) is 9.18 Å². The summed E-state index contributed by atoms with van der Waals surface area (Å²) >= 11 is 0. The zero-order valence-electron chi connectivity index (χ0n) is 19.5. The Kier molecular flexibility index (Phi) is 9.92. The molecule has 0 aliphatic rings. The minimum atomic E-state index is -9.08. The molecule has 23 heteroatoms. The molecule has 0 radical (unpaired) electrons. The Balaban J connectivity index is 6.76. The molecule has 1 N–H and O–H groups in total. The van der Waals surface area contributed by atoms with Crippen LogP contribution < -0.4 is 0 Å². The molecule has 2 atom stereocenters. The Labute approximate surface area is 214 Å². The average Bonchev–Trinajstić information content (AvgIpc) is 2.74. The smallest absolute Gasteiger partial charge is 0.428 e. The van der Waals surface area contributed by atoms with Crippen LogP contribution in [0.2, 0.25) is 0 Å². The number of carbonyl (C=O) groups excluding carboxylic acids is 1. The molecule has 3 nitrogen and oxygen atoms in total. The number of aliphatic hydroxyl groups is 1. The van der Waals surface area contributed by atoms with Crippen molar-refractivity contribution >= 4 is 5.97 Å². The second kappa shape index (κ2) is 10.5. The van der Waals surface area contributed by atoms with Gasteiger partial charge < -0.3 is 9.84 Å². The second-order valence-electron chi connectivity index (χ2n) is 8.46. The topological polar surface area (TPSA) is 46.5 Å². The van der Waals surface area contributed by atoms with Crippen LogP contribution >= 0.6 is 0 Å². The first kappa shape index (κ1) is 38.8. The average molecular weight is 658 g/mol.